The van der Waals surface area contributed by atoms with Crippen LogP contribution in [0, 0.1) is 0 Å². The molecule has 1 heterocycles. The number of benzene rings is 1. The number of ether oxygens (including phenoxy) is 1. The summed E-state index contributed by atoms with van der Waals surface area (Å²) in [6, 6.07) is 6.92. The normalized spacial score (nSPS) is 15.2. The van der Waals surface area contributed by atoms with Crippen LogP contribution in [-0.4, -0.2) is 30.0 Å². The van der Waals surface area contributed by atoms with E-state index in [9.17, 15) is 9.59 Å². The van der Waals surface area contributed by atoms with Gasteiger partial charge < -0.3 is 4.74 Å². The van der Waals surface area contributed by atoms with Gasteiger partial charge >= 0.3 is 5.97 Å². The highest BCUT2D eigenvalue weighted by molar-refractivity contribution is 5.89. The highest BCUT2D eigenvalue weighted by Crippen LogP contribution is 2.15. The molecule has 1 amide bonds. The summed E-state index contributed by atoms with van der Waals surface area (Å²) in [7, 11) is 0. The third kappa shape index (κ3) is 3.47. The Morgan fingerprint density at radius 2 is 2.05 bits per heavy atom. The minimum Gasteiger partial charge on any atom is -0.462 e. The van der Waals surface area contributed by atoms with Gasteiger partial charge in [-0.1, -0.05) is 0 Å². The summed E-state index contributed by atoms with van der Waals surface area (Å²) in [5.41, 5.74) is 4.37. The first-order valence-corrected chi connectivity index (χ1v) is 6.55. The number of carbonyl (C=O) groups is 2. The number of piperidine rings is 1. The zero-order valence-corrected chi connectivity index (χ0v) is 11.0. The van der Waals surface area contributed by atoms with E-state index in [1.165, 1.54) is 0 Å². The van der Waals surface area contributed by atoms with Gasteiger partial charge in [-0.2, -0.15) is 0 Å². The van der Waals surface area contributed by atoms with E-state index >= 15 is 0 Å². The quantitative estimate of drug-likeness (QED) is 0.845. The number of hydrazine groups is 1. The lowest BCUT2D eigenvalue weighted by molar-refractivity contribution is -0.131. The Balaban J connectivity index is 1.98. The van der Waals surface area contributed by atoms with Gasteiger partial charge in [0, 0.05) is 13.0 Å². The minimum atomic E-state index is -0.330. The molecule has 19 heavy (non-hydrogen) atoms. The van der Waals surface area contributed by atoms with Crippen LogP contribution in [0.15, 0.2) is 24.3 Å². The van der Waals surface area contributed by atoms with Crippen LogP contribution >= 0.6 is 0 Å². The van der Waals surface area contributed by atoms with Crippen molar-refractivity contribution in [3.63, 3.8) is 0 Å². The molecule has 0 bridgehead atoms. The molecule has 1 N–H and O–H groups in total. The predicted molar refractivity (Wildman–Crippen MR) is 71.6 cm³/mol. The lowest BCUT2D eigenvalue weighted by Gasteiger charge is -2.27. The van der Waals surface area contributed by atoms with Gasteiger partial charge in [0.1, 0.15) is 0 Å². The average Bonchev–Trinajstić information content (AvgIpc) is 2.42. The third-order valence-electron chi connectivity index (χ3n) is 2.98. The van der Waals surface area contributed by atoms with Crippen molar-refractivity contribution in [1.82, 2.24) is 5.01 Å². The molecule has 102 valence electrons. The Kier molecular flexibility index (Phi) is 4.39. The van der Waals surface area contributed by atoms with Gasteiger partial charge in [0.2, 0.25) is 5.91 Å². The molecule has 1 aliphatic heterocycles. The molecule has 1 saturated heterocycles. The smallest absolute Gasteiger partial charge is 0.338 e. The predicted octanol–water partition coefficient (Wildman–Crippen LogP) is 2.20. The van der Waals surface area contributed by atoms with E-state index in [4.69, 9.17) is 4.74 Å². The number of carbonyl (C=O) groups excluding carboxylic acids is 2. The van der Waals surface area contributed by atoms with E-state index in [0.29, 0.717) is 18.6 Å². The standard InChI is InChI=1S/C14H18N2O3/c1-2-19-14(18)11-6-8-12(9-7-11)15-16-10-4-3-5-13(16)17/h6-9,15H,2-5,10H2,1H3. The Hall–Kier alpha value is -2.04. The van der Waals surface area contributed by atoms with Gasteiger partial charge in [0.05, 0.1) is 17.9 Å². The Morgan fingerprint density at radius 3 is 2.68 bits per heavy atom. The molecule has 1 aromatic rings. The van der Waals surface area contributed by atoms with Crippen molar-refractivity contribution < 1.29 is 14.3 Å². The van der Waals surface area contributed by atoms with Gasteiger partial charge in [-0.25, -0.2) is 4.79 Å². The van der Waals surface area contributed by atoms with Crippen LogP contribution in [-0.2, 0) is 9.53 Å². The highest BCUT2D eigenvalue weighted by atomic mass is 16.5. The fourth-order valence-electron chi connectivity index (χ4n) is 1.98. The molecule has 0 radical (unpaired) electrons. The molecule has 0 unspecified atom stereocenters. The molecule has 0 spiro atoms. The van der Waals surface area contributed by atoms with Gasteiger partial charge in [0.15, 0.2) is 0 Å². The van der Waals surface area contributed by atoms with Crippen molar-refractivity contribution in [3.05, 3.63) is 29.8 Å². The van der Waals surface area contributed by atoms with E-state index < -0.39 is 0 Å². The molecule has 5 nitrogen and oxygen atoms in total. The molecule has 1 aliphatic rings. The lowest BCUT2D eigenvalue weighted by Crippen LogP contribution is -2.39. The summed E-state index contributed by atoms with van der Waals surface area (Å²) in [4.78, 5) is 23.1. The number of nitrogens with zero attached hydrogens (tertiary/aromatic N) is 1. The number of hydrogen-bond acceptors (Lipinski definition) is 4. The molecule has 0 saturated carbocycles. The van der Waals surface area contributed by atoms with E-state index in [1.807, 2.05) is 0 Å². The number of hydrogen-bond donors (Lipinski definition) is 1. The van der Waals surface area contributed by atoms with Crippen molar-refractivity contribution >= 4 is 17.6 Å². The molecular formula is C14H18N2O3. The van der Waals surface area contributed by atoms with Crippen LogP contribution in [0.3, 0.4) is 0 Å². The summed E-state index contributed by atoms with van der Waals surface area (Å²) in [5.74, 6) is -0.219. The fraction of sp³-hybridized carbons (Fsp3) is 0.429. The first-order chi connectivity index (χ1) is 9.20. The molecule has 5 heteroatoms. The molecule has 0 aliphatic carbocycles. The van der Waals surface area contributed by atoms with Crippen LogP contribution < -0.4 is 5.43 Å². The van der Waals surface area contributed by atoms with Gasteiger partial charge in [-0.3, -0.25) is 15.2 Å². The van der Waals surface area contributed by atoms with Crippen LogP contribution in [0.5, 0.6) is 0 Å². The number of amides is 1. The second-order valence-corrected chi connectivity index (χ2v) is 4.41. The summed E-state index contributed by atoms with van der Waals surface area (Å²) in [5, 5.41) is 1.63. The number of esters is 1. The first-order valence-electron chi connectivity index (χ1n) is 6.55. The summed E-state index contributed by atoms with van der Waals surface area (Å²) in [6.45, 7) is 2.86. The SMILES string of the molecule is CCOC(=O)c1ccc(NN2CCCCC2=O)cc1. The maximum absolute atomic E-state index is 11.6. The summed E-state index contributed by atoms with van der Waals surface area (Å²) < 4.78 is 4.91. The van der Waals surface area contributed by atoms with Gasteiger partial charge in [-0.05, 0) is 44.0 Å². The monoisotopic (exact) mass is 262 g/mol. The van der Waals surface area contributed by atoms with Crippen LogP contribution in [0.25, 0.3) is 0 Å². The van der Waals surface area contributed by atoms with E-state index in [1.54, 1.807) is 36.2 Å². The molecule has 1 aromatic carbocycles. The summed E-state index contributed by atoms with van der Waals surface area (Å²) >= 11 is 0. The van der Waals surface area contributed by atoms with Crippen molar-refractivity contribution in [2.24, 2.45) is 0 Å². The van der Waals surface area contributed by atoms with Crippen LogP contribution in [0.1, 0.15) is 36.5 Å². The number of rotatable bonds is 4. The number of nitrogens with one attached hydrogen (secondary N) is 1. The Morgan fingerprint density at radius 1 is 1.32 bits per heavy atom. The third-order valence-corrected chi connectivity index (χ3v) is 2.98. The Labute approximate surface area is 112 Å². The van der Waals surface area contributed by atoms with E-state index in [-0.39, 0.29) is 11.9 Å². The van der Waals surface area contributed by atoms with Crippen molar-refractivity contribution in [1.29, 1.82) is 0 Å². The molecular weight excluding hydrogens is 244 g/mol. The van der Waals surface area contributed by atoms with Crippen LogP contribution in [0.4, 0.5) is 5.69 Å². The molecule has 2 rings (SSSR count). The van der Waals surface area contributed by atoms with Gasteiger partial charge in [-0.15, -0.1) is 0 Å². The molecule has 1 fully saturated rings. The zero-order valence-electron chi connectivity index (χ0n) is 11.0. The maximum atomic E-state index is 11.6. The van der Waals surface area contributed by atoms with Crippen molar-refractivity contribution in [2.75, 3.05) is 18.6 Å². The summed E-state index contributed by atoms with van der Waals surface area (Å²) in [6.07, 6.45) is 2.56. The molecule has 0 atom stereocenters. The lowest BCUT2D eigenvalue weighted by atomic mass is 10.1. The average molecular weight is 262 g/mol. The highest BCUT2D eigenvalue weighted by Gasteiger charge is 2.17. The van der Waals surface area contributed by atoms with E-state index in [0.717, 1.165) is 25.1 Å². The maximum Gasteiger partial charge on any atom is 0.338 e. The van der Waals surface area contributed by atoms with Crippen molar-refractivity contribution in [3.8, 4) is 0 Å². The largest absolute Gasteiger partial charge is 0.462 e. The first kappa shape index (κ1) is 13.4. The minimum absolute atomic E-state index is 0.112. The molecule has 0 aromatic heterocycles. The second kappa shape index (κ2) is 6.22. The van der Waals surface area contributed by atoms with Gasteiger partial charge in [0.25, 0.3) is 0 Å². The second-order valence-electron chi connectivity index (χ2n) is 4.41. The van der Waals surface area contributed by atoms with Crippen molar-refractivity contribution in [2.45, 2.75) is 26.2 Å². The number of anilines is 1. The zero-order chi connectivity index (χ0) is 13.7. The van der Waals surface area contributed by atoms with Crippen LogP contribution in [0.2, 0.25) is 0 Å². The Bertz CT molecular complexity index is 456. The van der Waals surface area contributed by atoms with E-state index in [2.05, 4.69) is 5.43 Å². The fourth-order valence-corrected chi connectivity index (χ4v) is 1.98. The topological polar surface area (TPSA) is 58.6 Å².